The quantitative estimate of drug-likeness (QED) is 0.586. The number of aromatic amines is 1. The average molecular weight is 325 g/mol. The van der Waals surface area contributed by atoms with Gasteiger partial charge in [-0.25, -0.2) is 13.2 Å². The number of rotatable bonds is 0. The van der Waals surface area contributed by atoms with Crippen LogP contribution in [-0.2, 0) is 0 Å². The van der Waals surface area contributed by atoms with E-state index in [0.717, 1.165) is 0 Å². The van der Waals surface area contributed by atoms with E-state index in [0.29, 0.717) is 6.07 Å². The molecule has 0 radical (unpaired) electrons. The molecular formula is C9H3F3INO. The zero-order valence-corrected chi connectivity index (χ0v) is 9.23. The summed E-state index contributed by atoms with van der Waals surface area (Å²) < 4.78 is 39.4. The predicted octanol–water partition coefficient (Wildman–Crippen LogP) is 2.55. The summed E-state index contributed by atoms with van der Waals surface area (Å²) in [4.78, 5) is 13.9. The van der Waals surface area contributed by atoms with Crippen LogP contribution in [0.5, 0.6) is 0 Å². The molecule has 1 aromatic carbocycles. The number of halogens is 4. The molecule has 0 aliphatic carbocycles. The van der Waals surface area contributed by atoms with E-state index in [2.05, 4.69) is 4.98 Å². The average Bonchev–Trinajstić information content (AvgIpc) is 2.19. The Morgan fingerprint density at radius 2 is 1.87 bits per heavy atom. The lowest BCUT2D eigenvalue weighted by Crippen LogP contribution is -2.10. The first kappa shape index (κ1) is 10.5. The fourth-order valence-corrected chi connectivity index (χ4v) is 1.70. The normalized spacial score (nSPS) is 10.9. The van der Waals surface area contributed by atoms with Gasteiger partial charge in [0.2, 0.25) is 5.43 Å². The summed E-state index contributed by atoms with van der Waals surface area (Å²) in [6, 6.07) is 0.403. The molecule has 0 fully saturated rings. The second-order valence-corrected chi connectivity index (χ2v) is 4.03. The van der Waals surface area contributed by atoms with Gasteiger partial charge in [-0.3, -0.25) is 4.79 Å². The van der Waals surface area contributed by atoms with Crippen LogP contribution in [0.3, 0.4) is 0 Å². The van der Waals surface area contributed by atoms with Crippen molar-refractivity contribution in [2.75, 3.05) is 0 Å². The maximum absolute atomic E-state index is 13.3. The van der Waals surface area contributed by atoms with Gasteiger partial charge in [0.25, 0.3) is 0 Å². The van der Waals surface area contributed by atoms with Gasteiger partial charge in [-0.1, -0.05) is 0 Å². The smallest absolute Gasteiger partial charge is 0.205 e. The molecule has 0 atom stereocenters. The summed E-state index contributed by atoms with van der Waals surface area (Å²) in [5.41, 5.74) is -1.04. The largest absolute Gasteiger partial charge is 0.357 e. The number of nitrogens with one attached hydrogen (secondary N) is 1. The summed E-state index contributed by atoms with van der Waals surface area (Å²) in [6.07, 6.45) is 1.24. The third-order valence-electron chi connectivity index (χ3n) is 1.96. The van der Waals surface area contributed by atoms with Gasteiger partial charge in [0.05, 0.1) is 14.5 Å². The molecule has 0 aliphatic rings. The van der Waals surface area contributed by atoms with Crippen LogP contribution in [0.4, 0.5) is 13.2 Å². The molecule has 2 nitrogen and oxygen atoms in total. The van der Waals surface area contributed by atoms with E-state index in [4.69, 9.17) is 0 Å². The molecule has 6 heteroatoms. The van der Waals surface area contributed by atoms with Gasteiger partial charge in [0.15, 0.2) is 17.5 Å². The molecule has 78 valence electrons. The number of aromatic nitrogens is 1. The van der Waals surface area contributed by atoms with E-state index in [1.54, 1.807) is 22.6 Å². The fraction of sp³-hybridized carbons (Fsp3) is 0. The maximum atomic E-state index is 13.3. The highest BCUT2D eigenvalue weighted by Gasteiger charge is 2.16. The predicted molar refractivity (Wildman–Crippen MR) is 57.2 cm³/mol. The molecule has 0 spiro atoms. The molecule has 0 bridgehead atoms. The molecule has 1 aromatic heterocycles. The third kappa shape index (κ3) is 1.52. The highest BCUT2D eigenvalue weighted by molar-refractivity contribution is 14.1. The molecule has 0 saturated heterocycles. The van der Waals surface area contributed by atoms with Crippen LogP contribution in [0.15, 0.2) is 17.1 Å². The Balaban J connectivity index is 3.12. The Kier molecular flexibility index (Phi) is 2.45. The Bertz CT molecular complexity index is 608. The molecule has 0 unspecified atom stereocenters. The van der Waals surface area contributed by atoms with E-state index in [1.807, 2.05) is 0 Å². The molecule has 0 saturated carbocycles. The highest BCUT2D eigenvalue weighted by atomic mass is 127. The number of H-pyrrole nitrogens is 1. The first-order valence-corrected chi connectivity index (χ1v) is 4.94. The Hall–Kier alpha value is -1.05. The van der Waals surface area contributed by atoms with Crippen molar-refractivity contribution in [2.24, 2.45) is 0 Å². The summed E-state index contributed by atoms with van der Waals surface area (Å²) in [5.74, 6) is -3.68. The minimum Gasteiger partial charge on any atom is -0.357 e. The Morgan fingerprint density at radius 1 is 1.20 bits per heavy atom. The first-order valence-electron chi connectivity index (χ1n) is 3.86. The van der Waals surface area contributed by atoms with E-state index in [1.165, 1.54) is 6.20 Å². The number of pyridine rings is 1. The van der Waals surface area contributed by atoms with Crippen molar-refractivity contribution < 1.29 is 13.2 Å². The minimum atomic E-state index is -1.37. The summed E-state index contributed by atoms with van der Waals surface area (Å²) >= 11 is 1.66. The van der Waals surface area contributed by atoms with E-state index in [9.17, 15) is 18.0 Å². The van der Waals surface area contributed by atoms with Gasteiger partial charge in [0, 0.05) is 12.3 Å². The topological polar surface area (TPSA) is 32.9 Å². The van der Waals surface area contributed by atoms with Crippen LogP contribution in [0.25, 0.3) is 10.9 Å². The lowest BCUT2D eigenvalue weighted by molar-refractivity contribution is 0.504. The molecule has 1 N–H and O–H groups in total. The van der Waals surface area contributed by atoms with Gasteiger partial charge in [-0.2, -0.15) is 0 Å². The first-order chi connectivity index (χ1) is 7.02. The lowest BCUT2D eigenvalue weighted by atomic mass is 10.2. The van der Waals surface area contributed by atoms with Crippen molar-refractivity contribution in [1.29, 1.82) is 0 Å². The lowest BCUT2D eigenvalue weighted by Gasteiger charge is -2.02. The monoisotopic (exact) mass is 325 g/mol. The standard InChI is InChI=1S/C9H3F3INO/c10-3-1-4(11)8-6(7(3)12)9(15)5(13)2-14-8/h1-2H,(H,14,15). The molecular weight excluding hydrogens is 322 g/mol. The van der Waals surface area contributed by atoms with Crippen molar-refractivity contribution in [2.45, 2.75) is 0 Å². The van der Waals surface area contributed by atoms with Crippen LogP contribution < -0.4 is 5.43 Å². The van der Waals surface area contributed by atoms with E-state index < -0.39 is 28.3 Å². The highest BCUT2D eigenvalue weighted by Crippen LogP contribution is 2.19. The van der Waals surface area contributed by atoms with E-state index in [-0.39, 0.29) is 9.09 Å². The van der Waals surface area contributed by atoms with Crippen LogP contribution in [-0.4, -0.2) is 4.98 Å². The SMILES string of the molecule is O=c1c(I)c[nH]c2c(F)cc(F)c(F)c12. The van der Waals surface area contributed by atoms with Crippen molar-refractivity contribution in [3.8, 4) is 0 Å². The summed E-state index contributed by atoms with van der Waals surface area (Å²) in [5, 5.41) is -0.584. The van der Waals surface area contributed by atoms with Crippen LogP contribution in [0.2, 0.25) is 0 Å². The van der Waals surface area contributed by atoms with Gasteiger partial charge in [0.1, 0.15) is 0 Å². The van der Waals surface area contributed by atoms with Gasteiger partial charge >= 0.3 is 0 Å². The number of fused-ring (bicyclic) bond motifs is 1. The molecule has 0 aliphatic heterocycles. The van der Waals surface area contributed by atoms with Crippen molar-refractivity contribution in [1.82, 2.24) is 4.98 Å². The Morgan fingerprint density at radius 3 is 2.53 bits per heavy atom. The zero-order valence-electron chi connectivity index (χ0n) is 7.07. The minimum absolute atomic E-state index is 0.170. The molecule has 15 heavy (non-hydrogen) atoms. The van der Waals surface area contributed by atoms with Crippen LogP contribution >= 0.6 is 22.6 Å². The second-order valence-electron chi connectivity index (χ2n) is 2.87. The molecule has 1 heterocycles. The fourth-order valence-electron chi connectivity index (χ4n) is 1.27. The molecule has 0 amide bonds. The third-order valence-corrected chi connectivity index (χ3v) is 2.76. The molecule has 2 rings (SSSR count). The second kappa shape index (κ2) is 3.51. The van der Waals surface area contributed by atoms with Gasteiger partial charge in [-0.05, 0) is 22.6 Å². The number of hydrogen-bond donors (Lipinski definition) is 1. The number of benzene rings is 1. The maximum Gasteiger partial charge on any atom is 0.205 e. The van der Waals surface area contributed by atoms with Gasteiger partial charge in [-0.15, -0.1) is 0 Å². The van der Waals surface area contributed by atoms with Crippen LogP contribution in [0, 0.1) is 21.0 Å². The van der Waals surface area contributed by atoms with Crippen molar-refractivity contribution >= 4 is 33.5 Å². The van der Waals surface area contributed by atoms with Gasteiger partial charge < -0.3 is 4.98 Å². The number of hydrogen-bond acceptors (Lipinski definition) is 1. The molecule has 2 aromatic rings. The van der Waals surface area contributed by atoms with Crippen molar-refractivity contribution in [3.63, 3.8) is 0 Å². The van der Waals surface area contributed by atoms with Crippen molar-refractivity contribution in [3.05, 3.63) is 43.5 Å². The van der Waals surface area contributed by atoms with Crippen LogP contribution in [0.1, 0.15) is 0 Å². The van der Waals surface area contributed by atoms with E-state index >= 15 is 0 Å². The summed E-state index contributed by atoms with van der Waals surface area (Å²) in [7, 11) is 0. The zero-order chi connectivity index (χ0) is 11.2. The summed E-state index contributed by atoms with van der Waals surface area (Å²) in [6.45, 7) is 0. The Labute approximate surface area is 95.3 Å².